The van der Waals surface area contributed by atoms with Gasteiger partial charge in [0.1, 0.15) is 12.9 Å². The lowest BCUT2D eigenvalue weighted by Crippen LogP contribution is -2.35. The van der Waals surface area contributed by atoms with E-state index in [2.05, 4.69) is 102 Å². The molecule has 0 aromatic heterocycles. The summed E-state index contributed by atoms with van der Waals surface area (Å²) in [5, 5.41) is 3.66. The molecule has 0 amide bonds. The van der Waals surface area contributed by atoms with Crippen molar-refractivity contribution < 1.29 is 4.58 Å². The zero-order valence-corrected chi connectivity index (χ0v) is 16.8. The highest BCUT2D eigenvalue weighted by molar-refractivity contribution is 5.96. The summed E-state index contributed by atoms with van der Waals surface area (Å²) in [4.78, 5) is 5.15. The first-order valence-corrected chi connectivity index (χ1v) is 10.4. The van der Waals surface area contributed by atoms with Crippen molar-refractivity contribution in [1.29, 1.82) is 0 Å². The topological polar surface area (TPSA) is 27.4 Å². The van der Waals surface area contributed by atoms with Gasteiger partial charge in [0.15, 0.2) is 6.21 Å². The molecule has 5 rings (SSSR count). The fourth-order valence-corrected chi connectivity index (χ4v) is 4.20. The number of hydrogen-bond donors (Lipinski definition) is 1. The Labute approximate surface area is 172 Å². The van der Waals surface area contributed by atoms with Crippen LogP contribution >= 0.6 is 0 Å². The van der Waals surface area contributed by atoms with Gasteiger partial charge in [-0.05, 0) is 36.5 Å². The van der Waals surface area contributed by atoms with Crippen LogP contribution in [0.15, 0.2) is 101 Å². The Bertz CT molecular complexity index is 1060. The largest absolute Gasteiger partial charge is 0.343 e. The van der Waals surface area contributed by atoms with E-state index in [1.54, 1.807) is 0 Å². The van der Waals surface area contributed by atoms with E-state index in [0.717, 1.165) is 30.8 Å². The Morgan fingerprint density at radius 1 is 1.03 bits per heavy atom. The van der Waals surface area contributed by atoms with Gasteiger partial charge in [-0.3, -0.25) is 4.99 Å². The van der Waals surface area contributed by atoms with Crippen molar-refractivity contribution in [2.75, 3.05) is 7.05 Å². The van der Waals surface area contributed by atoms with E-state index in [9.17, 15) is 0 Å². The van der Waals surface area contributed by atoms with Crippen LogP contribution in [0.4, 0.5) is 0 Å². The average Bonchev–Trinajstić information content (AvgIpc) is 2.79. The first-order valence-electron chi connectivity index (χ1n) is 10.4. The number of likely N-dealkylation sites (N-methyl/N-ethyl adjacent to an activating group) is 1. The highest BCUT2D eigenvalue weighted by Crippen LogP contribution is 2.29. The van der Waals surface area contributed by atoms with Gasteiger partial charge in [0.05, 0.1) is 12.1 Å². The molecule has 0 saturated heterocycles. The molecule has 0 spiro atoms. The number of rotatable bonds is 4. The Morgan fingerprint density at radius 2 is 1.93 bits per heavy atom. The van der Waals surface area contributed by atoms with Gasteiger partial charge in [0.2, 0.25) is 5.70 Å². The molecule has 1 N–H and O–H groups in total. The molecule has 1 aromatic carbocycles. The molecule has 0 saturated carbocycles. The van der Waals surface area contributed by atoms with Gasteiger partial charge in [-0.2, -0.15) is 0 Å². The second-order valence-corrected chi connectivity index (χ2v) is 7.89. The van der Waals surface area contributed by atoms with E-state index in [1.807, 2.05) is 0 Å². The summed E-state index contributed by atoms with van der Waals surface area (Å²) in [6, 6.07) is 10.6. The summed E-state index contributed by atoms with van der Waals surface area (Å²) in [6.07, 6.45) is 23.4. The van der Waals surface area contributed by atoms with E-state index in [-0.39, 0.29) is 12.0 Å². The quantitative estimate of drug-likeness (QED) is 0.748. The molecule has 1 aromatic rings. The number of nitrogens with zero attached hydrogens (tertiary/aromatic N) is 2. The van der Waals surface area contributed by atoms with Crippen molar-refractivity contribution in [3.63, 3.8) is 0 Å². The molecule has 4 aliphatic rings. The number of hydrogen-bond acceptors (Lipinski definition) is 2. The minimum atomic E-state index is 0.0692. The summed E-state index contributed by atoms with van der Waals surface area (Å²) in [7, 11) is 2.10. The third kappa shape index (κ3) is 3.61. The summed E-state index contributed by atoms with van der Waals surface area (Å²) >= 11 is 0. The monoisotopic (exact) mass is 380 g/mol. The van der Waals surface area contributed by atoms with Gasteiger partial charge >= 0.3 is 0 Å². The highest BCUT2D eigenvalue weighted by Gasteiger charge is 2.27. The second kappa shape index (κ2) is 7.67. The maximum atomic E-state index is 5.15. The maximum Gasteiger partial charge on any atom is 0.217 e. The summed E-state index contributed by atoms with van der Waals surface area (Å²) in [6.45, 7) is 0. The van der Waals surface area contributed by atoms with Crippen LogP contribution in [-0.2, 0) is 0 Å². The Kier molecular flexibility index (Phi) is 4.73. The van der Waals surface area contributed by atoms with E-state index >= 15 is 0 Å². The van der Waals surface area contributed by atoms with Gasteiger partial charge in [-0.15, -0.1) is 0 Å². The predicted octanol–water partition coefficient (Wildman–Crippen LogP) is 4.79. The highest BCUT2D eigenvalue weighted by atomic mass is 15.1. The number of amidine groups is 1. The minimum Gasteiger partial charge on any atom is -0.343 e. The molecule has 0 bridgehead atoms. The number of aliphatic imine (C=N–C) groups is 1. The van der Waals surface area contributed by atoms with Crippen LogP contribution < -0.4 is 5.32 Å². The lowest BCUT2D eigenvalue weighted by atomic mass is 9.90. The fourth-order valence-electron chi connectivity index (χ4n) is 4.20. The lowest BCUT2D eigenvalue weighted by Gasteiger charge is -2.28. The lowest BCUT2D eigenvalue weighted by molar-refractivity contribution is -0.444. The molecule has 3 nitrogen and oxygen atoms in total. The third-order valence-corrected chi connectivity index (χ3v) is 5.87. The summed E-state index contributed by atoms with van der Waals surface area (Å²) < 4.78 is 2.17. The second-order valence-electron chi connectivity index (χ2n) is 7.89. The van der Waals surface area contributed by atoms with Crippen molar-refractivity contribution >= 4 is 17.7 Å². The van der Waals surface area contributed by atoms with Crippen LogP contribution in [0.5, 0.6) is 0 Å². The standard InChI is InChI=1S/C26H26N3/c1-29-16-15-25(29)21-13-8-14-22(17-21)26-27-23(19-9-4-2-5-10-19)18-24(28-26)20-11-6-3-7-12-20/h2,4-6,8-13,15-18,22,24H,3,7,14H2,1H3,(H,27,28)/q+1. The van der Waals surface area contributed by atoms with Gasteiger partial charge in [-0.25, -0.2) is 4.58 Å². The molecule has 0 fully saturated rings. The molecular formula is C26H26N3+. The van der Waals surface area contributed by atoms with E-state index in [4.69, 9.17) is 4.99 Å². The van der Waals surface area contributed by atoms with Crippen LogP contribution in [0.1, 0.15) is 24.8 Å². The minimum absolute atomic E-state index is 0.0692. The van der Waals surface area contributed by atoms with Gasteiger partial charge in [0.25, 0.3) is 0 Å². The van der Waals surface area contributed by atoms with Crippen molar-refractivity contribution in [2.24, 2.45) is 10.9 Å². The SMILES string of the molecule is C[N+]1=CC=C1C1=CC(C2=NC(C3=CCCC=C3)C=C(c3ccccc3)N2)CC=C1. The number of benzene rings is 1. The summed E-state index contributed by atoms with van der Waals surface area (Å²) in [5.41, 5.74) is 6.21. The maximum absolute atomic E-state index is 5.15. The Hall–Kier alpha value is -3.20. The number of allylic oxidation sites excluding steroid dienone is 5. The van der Waals surface area contributed by atoms with Crippen LogP contribution in [0.2, 0.25) is 0 Å². The van der Waals surface area contributed by atoms with Crippen molar-refractivity contribution in [3.05, 3.63) is 101 Å². The molecule has 2 atom stereocenters. The summed E-state index contributed by atoms with van der Waals surface area (Å²) in [5.74, 6) is 1.32. The van der Waals surface area contributed by atoms with Crippen LogP contribution in [0, 0.1) is 5.92 Å². The van der Waals surface area contributed by atoms with Crippen molar-refractivity contribution in [3.8, 4) is 0 Å². The molecule has 2 aliphatic heterocycles. The molecule has 29 heavy (non-hydrogen) atoms. The number of nitrogens with one attached hydrogen (secondary N) is 1. The smallest absolute Gasteiger partial charge is 0.217 e. The molecule has 2 aliphatic carbocycles. The fraction of sp³-hybridized carbons (Fsp3) is 0.231. The molecule has 2 heterocycles. The van der Waals surface area contributed by atoms with Crippen molar-refractivity contribution in [1.82, 2.24) is 5.32 Å². The van der Waals surface area contributed by atoms with Crippen LogP contribution in [-0.4, -0.2) is 29.7 Å². The van der Waals surface area contributed by atoms with E-state index in [1.165, 1.54) is 22.4 Å². The first kappa shape index (κ1) is 17.9. The van der Waals surface area contributed by atoms with Crippen LogP contribution in [0.25, 0.3) is 5.70 Å². The molecule has 3 heteroatoms. The van der Waals surface area contributed by atoms with Crippen LogP contribution in [0.3, 0.4) is 0 Å². The average molecular weight is 381 g/mol. The predicted molar refractivity (Wildman–Crippen MR) is 121 cm³/mol. The van der Waals surface area contributed by atoms with Gasteiger partial charge in [-0.1, -0.05) is 66.8 Å². The van der Waals surface area contributed by atoms with E-state index in [0.29, 0.717) is 0 Å². The normalized spacial score (nSPS) is 25.6. The zero-order chi connectivity index (χ0) is 19.6. The zero-order valence-electron chi connectivity index (χ0n) is 16.8. The molecule has 2 unspecified atom stereocenters. The first-order chi connectivity index (χ1) is 14.3. The Balaban J connectivity index is 1.48. The molecule has 144 valence electrons. The van der Waals surface area contributed by atoms with E-state index < -0.39 is 0 Å². The third-order valence-electron chi connectivity index (χ3n) is 5.87. The molecule has 0 radical (unpaired) electrons. The van der Waals surface area contributed by atoms with Crippen molar-refractivity contribution in [2.45, 2.75) is 25.3 Å². The Morgan fingerprint density at radius 3 is 2.66 bits per heavy atom. The molecular weight excluding hydrogens is 354 g/mol. The van der Waals surface area contributed by atoms with Gasteiger partial charge in [0, 0.05) is 17.2 Å². The van der Waals surface area contributed by atoms with Gasteiger partial charge < -0.3 is 5.32 Å².